The summed E-state index contributed by atoms with van der Waals surface area (Å²) in [4.78, 5) is 13.9. The van der Waals surface area contributed by atoms with E-state index in [1.165, 1.54) is 36.6 Å². The van der Waals surface area contributed by atoms with Gasteiger partial charge in [0.1, 0.15) is 12.4 Å². The summed E-state index contributed by atoms with van der Waals surface area (Å²) >= 11 is 6.13. The van der Waals surface area contributed by atoms with Gasteiger partial charge in [-0.3, -0.25) is 4.79 Å². The topological polar surface area (TPSA) is 33.5 Å². The third-order valence-electron chi connectivity index (χ3n) is 5.75. The van der Waals surface area contributed by atoms with Gasteiger partial charge in [0.25, 0.3) is 0 Å². The number of benzene rings is 1. The quantitative estimate of drug-likeness (QED) is 0.788. The number of hydrogen-bond acceptors (Lipinski definition) is 1. The van der Waals surface area contributed by atoms with Crippen molar-refractivity contribution in [3.05, 3.63) is 34.6 Å². The Bertz CT molecular complexity index is 559. The second kappa shape index (κ2) is 9.00. The van der Waals surface area contributed by atoms with E-state index in [0.717, 1.165) is 38.8 Å². The summed E-state index contributed by atoms with van der Waals surface area (Å²) in [6.07, 6.45) is 9.07. The number of nitrogens with one attached hydrogen (secondary N) is 2. The van der Waals surface area contributed by atoms with Gasteiger partial charge in [0, 0.05) is 24.8 Å². The van der Waals surface area contributed by atoms with Crippen molar-refractivity contribution in [3.63, 3.8) is 0 Å². The molecule has 0 atom stereocenters. The van der Waals surface area contributed by atoms with Crippen LogP contribution in [-0.4, -0.2) is 25.0 Å². The molecule has 3 nitrogen and oxygen atoms in total. The molecule has 0 spiro atoms. The maximum atomic E-state index is 13.9. The number of likely N-dealkylation sites (tertiary alicyclic amines) is 1. The first-order chi connectivity index (χ1) is 12.1. The molecule has 0 aromatic heterocycles. The third kappa shape index (κ3) is 5.18. The van der Waals surface area contributed by atoms with Crippen molar-refractivity contribution in [2.24, 2.45) is 5.92 Å². The lowest BCUT2D eigenvalue weighted by molar-refractivity contribution is -0.919. The first kappa shape index (κ1) is 18.7. The lowest BCUT2D eigenvalue weighted by Gasteiger charge is -2.30. The van der Waals surface area contributed by atoms with E-state index < -0.39 is 0 Å². The first-order valence-electron chi connectivity index (χ1n) is 9.70. The Balaban J connectivity index is 1.47. The second-order valence-corrected chi connectivity index (χ2v) is 8.01. The molecule has 3 rings (SSSR count). The maximum Gasteiger partial charge on any atom is 0.223 e. The number of amides is 1. The fourth-order valence-corrected chi connectivity index (χ4v) is 4.39. The summed E-state index contributed by atoms with van der Waals surface area (Å²) in [5.41, 5.74) is 0.598. The molecule has 0 bridgehead atoms. The van der Waals surface area contributed by atoms with E-state index in [1.807, 2.05) is 0 Å². The number of halogens is 2. The third-order valence-corrected chi connectivity index (χ3v) is 6.11. The van der Waals surface area contributed by atoms with Gasteiger partial charge in [-0.1, -0.05) is 43.4 Å². The normalized spacial score (nSPS) is 25.4. The molecular weight excluding hydrogens is 339 g/mol. The van der Waals surface area contributed by atoms with E-state index in [1.54, 1.807) is 12.1 Å². The van der Waals surface area contributed by atoms with E-state index in [2.05, 4.69) is 5.32 Å². The second-order valence-electron chi connectivity index (χ2n) is 7.60. The van der Waals surface area contributed by atoms with Gasteiger partial charge in [-0.25, -0.2) is 4.39 Å². The van der Waals surface area contributed by atoms with Gasteiger partial charge in [0.05, 0.1) is 23.7 Å². The van der Waals surface area contributed by atoms with Crippen molar-refractivity contribution in [2.75, 3.05) is 13.1 Å². The van der Waals surface area contributed by atoms with Crippen LogP contribution < -0.4 is 10.2 Å². The van der Waals surface area contributed by atoms with Crippen LogP contribution in [-0.2, 0) is 11.3 Å². The van der Waals surface area contributed by atoms with Crippen LogP contribution in [0.2, 0.25) is 5.02 Å². The van der Waals surface area contributed by atoms with Crippen molar-refractivity contribution in [1.29, 1.82) is 0 Å². The summed E-state index contributed by atoms with van der Waals surface area (Å²) < 4.78 is 13.9. The summed E-state index contributed by atoms with van der Waals surface area (Å²) in [6, 6.07) is 5.22. The van der Waals surface area contributed by atoms with E-state index in [0.29, 0.717) is 23.2 Å². The fourth-order valence-electron chi connectivity index (χ4n) is 4.16. The van der Waals surface area contributed by atoms with Gasteiger partial charge in [-0.15, -0.1) is 0 Å². The van der Waals surface area contributed by atoms with E-state index >= 15 is 0 Å². The molecule has 1 heterocycles. The fraction of sp³-hybridized carbons (Fsp3) is 0.650. The predicted octanol–water partition coefficient (Wildman–Crippen LogP) is 3.11. The number of carbonyl (C=O) groups excluding carboxylic acids is 1. The molecule has 1 amide bonds. The van der Waals surface area contributed by atoms with Crippen molar-refractivity contribution >= 4 is 17.5 Å². The number of piperidine rings is 1. The molecule has 0 unspecified atom stereocenters. The maximum absolute atomic E-state index is 13.9. The highest BCUT2D eigenvalue weighted by molar-refractivity contribution is 6.31. The lowest BCUT2D eigenvalue weighted by Crippen LogP contribution is -3.12. The molecule has 2 aliphatic rings. The van der Waals surface area contributed by atoms with Gasteiger partial charge in [-0.05, 0) is 25.0 Å². The summed E-state index contributed by atoms with van der Waals surface area (Å²) in [5, 5.41) is 3.78. The molecule has 1 saturated heterocycles. The molecule has 25 heavy (non-hydrogen) atoms. The molecular formula is C20H29ClFN2O+. The summed E-state index contributed by atoms with van der Waals surface area (Å²) in [7, 11) is 0. The zero-order valence-corrected chi connectivity index (χ0v) is 15.6. The van der Waals surface area contributed by atoms with E-state index in [-0.39, 0.29) is 17.6 Å². The van der Waals surface area contributed by atoms with Crippen LogP contribution in [0.1, 0.15) is 56.9 Å². The molecule has 1 aromatic rings. The zero-order chi connectivity index (χ0) is 17.6. The molecule has 1 aromatic carbocycles. The molecule has 2 N–H and O–H groups in total. The average molecular weight is 368 g/mol. The summed E-state index contributed by atoms with van der Waals surface area (Å²) in [5.74, 6) is 0.117. The van der Waals surface area contributed by atoms with Gasteiger partial charge < -0.3 is 10.2 Å². The van der Waals surface area contributed by atoms with Crippen LogP contribution >= 0.6 is 11.6 Å². The average Bonchev–Trinajstić information content (AvgIpc) is 2.87. The standard InChI is InChI=1S/C20H28ClFN2O/c21-18-8-5-9-19(22)17(18)14-24-12-10-15(11-13-24)20(25)23-16-6-3-1-2-4-7-16/h5,8-9,15-16H,1-4,6-7,10-14H2,(H,23,25)/p+1. The Morgan fingerprint density at radius 2 is 1.80 bits per heavy atom. The zero-order valence-electron chi connectivity index (χ0n) is 14.8. The van der Waals surface area contributed by atoms with Crippen molar-refractivity contribution in [2.45, 2.75) is 64.0 Å². The molecule has 2 fully saturated rings. The van der Waals surface area contributed by atoms with Crippen LogP contribution in [0.25, 0.3) is 0 Å². The minimum absolute atomic E-state index is 0.114. The van der Waals surface area contributed by atoms with Crippen molar-refractivity contribution in [3.8, 4) is 0 Å². The van der Waals surface area contributed by atoms with Crippen LogP contribution in [0.15, 0.2) is 18.2 Å². The van der Waals surface area contributed by atoms with Crippen LogP contribution in [0.4, 0.5) is 4.39 Å². The van der Waals surface area contributed by atoms with Crippen LogP contribution in [0.5, 0.6) is 0 Å². The molecule has 1 saturated carbocycles. The Hall–Kier alpha value is -1.13. The minimum atomic E-state index is -0.228. The molecule has 0 radical (unpaired) electrons. The van der Waals surface area contributed by atoms with Gasteiger partial charge in [0.2, 0.25) is 5.91 Å². The van der Waals surface area contributed by atoms with E-state index in [9.17, 15) is 9.18 Å². The molecule has 1 aliphatic heterocycles. The van der Waals surface area contributed by atoms with Crippen molar-refractivity contribution < 1.29 is 14.1 Å². The molecule has 1 aliphatic carbocycles. The smallest absolute Gasteiger partial charge is 0.223 e. The number of rotatable bonds is 4. The highest BCUT2D eigenvalue weighted by Crippen LogP contribution is 2.20. The summed E-state index contributed by atoms with van der Waals surface area (Å²) in [6.45, 7) is 2.39. The monoisotopic (exact) mass is 367 g/mol. The highest BCUT2D eigenvalue weighted by atomic mass is 35.5. The number of quaternary nitrogens is 1. The Kier molecular flexibility index (Phi) is 6.71. The molecule has 138 valence electrons. The Labute approximate surface area is 154 Å². The lowest BCUT2D eigenvalue weighted by atomic mass is 9.94. The minimum Gasteiger partial charge on any atom is -0.353 e. The predicted molar refractivity (Wildman–Crippen MR) is 98.2 cm³/mol. The van der Waals surface area contributed by atoms with Crippen molar-refractivity contribution in [1.82, 2.24) is 5.32 Å². The van der Waals surface area contributed by atoms with Crippen LogP contribution in [0.3, 0.4) is 0 Å². The molecule has 5 heteroatoms. The Morgan fingerprint density at radius 1 is 1.12 bits per heavy atom. The first-order valence-corrected chi connectivity index (χ1v) is 10.1. The van der Waals surface area contributed by atoms with Gasteiger partial charge in [-0.2, -0.15) is 0 Å². The van der Waals surface area contributed by atoms with Gasteiger partial charge >= 0.3 is 0 Å². The number of hydrogen-bond donors (Lipinski definition) is 2. The van der Waals surface area contributed by atoms with E-state index in [4.69, 9.17) is 11.6 Å². The van der Waals surface area contributed by atoms with Crippen LogP contribution in [0, 0.1) is 11.7 Å². The highest BCUT2D eigenvalue weighted by Gasteiger charge is 2.29. The largest absolute Gasteiger partial charge is 0.353 e. The Morgan fingerprint density at radius 3 is 2.44 bits per heavy atom. The van der Waals surface area contributed by atoms with Gasteiger partial charge in [0.15, 0.2) is 0 Å². The SMILES string of the molecule is O=C(NC1CCCCCC1)C1CC[NH+](Cc2c(F)cccc2Cl)CC1. The number of carbonyl (C=O) groups is 1.